The quantitative estimate of drug-likeness (QED) is 0.257. The molecule has 0 saturated carbocycles. The summed E-state index contributed by atoms with van der Waals surface area (Å²) in [7, 11) is 0. The number of unbranched alkanes of at least 4 members (excludes halogenated alkanes) is 1. The van der Waals surface area contributed by atoms with E-state index in [9.17, 15) is 5.26 Å². The van der Waals surface area contributed by atoms with Crippen molar-refractivity contribution < 1.29 is 19.2 Å². The monoisotopic (exact) mass is 285 g/mol. The molecule has 0 saturated heterocycles. The Hall–Kier alpha value is -0.660. The summed E-state index contributed by atoms with van der Waals surface area (Å²) in [4.78, 5) is 0. The molecule has 0 radical (unpaired) electrons. The molecule has 0 bridgehead atoms. The number of nitrogens with zero attached hydrogens (tertiary/aromatic N) is 1. The van der Waals surface area contributed by atoms with Gasteiger partial charge in [0.25, 0.3) is 0 Å². The molecule has 4 nitrogen and oxygen atoms in total. The largest absolute Gasteiger partial charge is 0.691 e. The number of aryl methyl sites for hydroxylation is 2. The van der Waals surface area contributed by atoms with E-state index >= 15 is 0 Å². The molecule has 1 heterocycles. The van der Waals surface area contributed by atoms with Crippen molar-refractivity contribution in [3.8, 4) is 0 Å². The molecule has 0 aliphatic heterocycles. The average molecular weight is 285 g/mol. The maximum atomic E-state index is 9.59. The van der Waals surface area contributed by atoms with Gasteiger partial charge in [-0.25, -0.2) is 0 Å². The zero-order chi connectivity index (χ0) is 12.8. The summed E-state index contributed by atoms with van der Waals surface area (Å²) in [6.07, 6.45) is 2.05. The molecule has 2 aromatic rings. The first-order valence-electron chi connectivity index (χ1n) is 5.79. The molecule has 0 spiro atoms. The molecule has 0 aliphatic rings. The number of benzene rings is 1. The lowest BCUT2D eigenvalue weighted by Gasteiger charge is -2.02. The number of aromatic nitrogens is 1. The fraction of sp³-hybridized carbons (Fsp3) is 0.417. The van der Waals surface area contributed by atoms with Crippen LogP contribution in [0.1, 0.15) is 17.8 Å². The van der Waals surface area contributed by atoms with E-state index in [1.165, 1.54) is 15.2 Å². The molecule has 1 aromatic heterocycles. The summed E-state index contributed by atoms with van der Waals surface area (Å²) in [6, 6.07) is 8.44. The Bertz CT molecular complexity index is 501. The van der Waals surface area contributed by atoms with E-state index in [0.29, 0.717) is 0 Å². The van der Waals surface area contributed by atoms with E-state index in [-0.39, 0.29) is 0 Å². The van der Waals surface area contributed by atoms with Gasteiger partial charge in [-0.1, -0.05) is 23.5 Å². The molecule has 0 aliphatic carbocycles. The number of rotatable bonds is 7. The summed E-state index contributed by atoms with van der Waals surface area (Å²) in [5.41, 5.74) is 1.30. The number of para-hydroxylation sites is 1. The molecule has 6 heteroatoms. The zero-order valence-corrected chi connectivity index (χ0v) is 11.8. The van der Waals surface area contributed by atoms with Gasteiger partial charge in [0, 0.05) is 37.2 Å². The molecule has 0 N–H and O–H groups in total. The molecule has 1 aromatic carbocycles. The van der Waals surface area contributed by atoms with E-state index in [1.807, 2.05) is 11.3 Å². The first kappa shape index (κ1) is 13.8. The molecule has 0 atom stereocenters. The van der Waals surface area contributed by atoms with Crippen LogP contribution in [0.15, 0.2) is 24.3 Å². The summed E-state index contributed by atoms with van der Waals surface area (Å²) in [5.74, 6) is 0.768. The van der Waals surface area contributed by atoms with Crippen molar-refractivity contribution in [1.29, 1.82) is 0 Å². The van der Waals surface area contributed by atoms with Gasteiger partial charge in [0.2, 0.25) is 10.5 Å². The summed E-state index contributed by atoms with van der Waals surface area (Å²) in [5, 5.41) is 14.2. The standard InChI is InChI=1S/C12H15NO3S2/c1-10-13(8-4-5-9-17-16-15-14)11-6-2-3-7-12(11)18-10/h2-3,6-7H,4-5,8-9H2,1H3. The van der Waals surface area contributed by atoms with E-state index in [4.69, 9.17) is 0 Å². The van der Waals surface area contributed by atoms with Crippen LogP contribution in [0, 0.1) is 6.92 Å². The van der Waals surface area contributed by atoms with Crippen molar-refractivity contribution >= 4 is 33.6 Å². The van der Waals surface area contributed by atoms with Crippen molar-refractivity contribution in [2.45, 2.75) is 26.3 Å². The van der Waals surface area contributed by atoms with Crippen LogP contribution >= 0.6 is 23.4 Å². The Balaban J connectivity index is 1.89. The molecule has 0 unspecified atom stereocenters. The van der Waals surface area contributed by atoms with Gasteiger partial charge in [0.05, 0.1) is 0 Å². The van der Waals surface area contributed by atoms with Crippen molar-refractivity contribution in [3.05, 3.63) is 29.3 Å². The minimum absolute atomic E-state index is 0.768. The van der Waals surface area contributed by atoms with Gasteiger partial charge in [0.15, 0.2) is 0 Å². The highest BCUT2D eigenvalue weighted by Crippen LogP contribution is 2.19. The zero-order valence-electron chi connectivity index (χ0n) is 10.1. The average Bonchev–Trinajstić information content (AvgIpc) is 2.70. The van der Waals surface area contributed by atoms with Crippen LogP contribution in [0.4, 0.5) is 0 Å². The van der Waals surface area contributed by atoms with Gasteiger partial charge in [-0.2, -0.15) is 8.90 Å². The summed E-state index contributed by atoms with van der Waals surface area (Å²) < 4.78 is 7.89. The Morgan fingerprint density at radius 3 is 3.00 bits per heavy atom. The Morgan fingerprint density at radius 1 is 1.33 bits per heavy atom. The van der Waals surface area contributed by atoms with Gasteiger partial charge < -0.3 is 5.26 Å². The third-order valence-corrected chi connectivity index (χ3v) is 4.42. The highest BCUT2D eigenvalue weighted by Gasteiger charge is 2.15. The van der Waals surface area contributed by atoms with Crippen LogP contribution in [-0.4, -0.2) is 5.75 Å². The summed E-state index contributed by atoms with van der Waals surface area (Å²) >= 11 is 2.88. The number of hydrogen-bond donors (Lipinski definition) is 0. The lowest BCUT2D eigenvalue weighted by molar-refractivity contribution is -0.777. The van der Waals surface area contributed by atoms with Gasteiger partial charge >= 0.3 is 0 Å². The minimum atomic E-state index is 0.768. The van der Waals surface area contributed by atoms with Crippen LogP contribution in [0.2, 0.25) is 0 Å². The van der Waals surface area contributed by atoms with Gasteiger partial charge in [-0.05, 0) is 12.5 Å². The predicted octanol–water partition coefficient (Wildman–Crippen LogP) is 2.15. The fourth-order valence-corrected chi connectivity index (χ4v) is 3.39. The van der Waals surface area contributed by atoms with Crippen LogP contribution in [-0.2, 0) is 15.9 Å². The highest BCUT2D eigenvalue weighted by molar-refractivity contribution is 7.94. The summed E-state index contributed by atoms with van der Waals surface area (Å²) in [6.45, 7) is 3.14. The molecule has 0 fully saturated rings. The Kier molecular flexibility index (Phi) is 5.40. The molecule has 18 heavy (non-hydrogen) atoms. The van der Waals surface area contributed by atoms with Crippen LogP contribution in [0.3, 0.4) is 0 Å². The molecular weight excluding hydrogens is 270 g/mol. The topological polar surface area (TPSA) is 45.4 Å². The maximum absolute atomic E-state index is 9.59. The van der Waals surface area contributed by atoms with Crippen molar-refractivity contribution in [1.82, 2.24) is 0 Å². The molecule has 2 rings (SSSR count). The lowest BCUT2D eigenvalue weighted by atomic mass is 10.3. The fourth-order valence-electron chi connectivity index (χ4n) is 1.91. The molecular formula is C12H15NO3S2. The molecule has 98 valence electrons. The van der Waals surface area contributed by atoms with Gasteiger partial charge in [0.1, 0.15) is 11.2 Å². The Morgan fingerprint density at radius 2 is 2.17 bits per heavy atom. The van der Waals surface area contributed by atoms with Crippen LogP contribution < -0.4 is 9.82 Å². The predicted molar refractivity (Wildman–Crippen MR) is 70.6 cm³/mol. The van der Waals surface area contributed by atoms with Crippen LogP contribution in [0.25, 0.3) is 10.2 Å². The van der Waals surface area contributed by atoms with E-state index < -0.39 is 0 Å². The second-order valence-electron chi connectivity index (χ2n) is 3.91. The lowest BCUT2D eigenvalue weighted by Crippen LogP contribution is -2.34. The van der Waals surface area contributed by atoms with Gasteiger partial charge in [-0.3, -0.25) is 5.04 Å². The van der Waals surface area contributed by atoms with E-state index in [1.54, 1.807) is 0 Å². The van der Waals surface area contributed by atoms with Gasteiger partial charge in [-0.15, -0.1) is 0 Å². The van der Waals surface area contributed by atoms with Crippen molar-refractivity contribution in [2.24, 2.45) is 0 Å². The second-order valence-corrected chi connectivity index (χ2v) is 5.92. The first-order chi connectivity index (χ1) is 8.83. The smallest absolute Gasteiger partial charge is 0.235 e. The SMILES string of the molecule is Cc1sc2ccccc2[n+]1CCCCSOO[O-]. The number of thiazole rings is 1. The number of hydrogen-bond acceptors (Lipinski definition) is 5. The maximum Gasteiger partial charge on any atom is 0.235 e. The molecule has 0 amide bonds. The van der Waals surface area contributed by atoms with Crippen molar-refractivity contribution in [2.75, 3.05) is 5.75 Å². The van der Waals surface area contributed by atoms with Crippen molar-refractivity contribution in [3.63, 3.8) is 0 Å². The normalized spacial score (nSPS) is 11.2. The van der Waals surface area contributed by atoms with E-state index in [2.05, 4.69) is 45.1 Å². The third kappa shape index (κ3) is 3.43. The van der Waals surface area contributed by atoms with E-state index in [0.717, 1.165) is 37.2 Å². The highest BCUT2D eigenvalue weighted by atomic mass is 32.2. The number of fused-ring (bicyclic) bond motifs is 1. The minimum Gasteiger partial charge on any atom is -0.691 e. The Labute approximate surface area is 114 Å². The first-order valence-corrected chi connectivity index (χ1v) is 7.51. The third-order valence-electron chi connectivity index (χ3n) is 2.73. The second kappa shape index (κ2) is 7.06. The van der Waals surface area contributed by atoms with Crippen LogP contribution in [0.5, 0.6) is 0 Å².